The van der Waals surface area contributed by atoms with Crippen LogP contribution in [0.2, 0.25) is 0 Å². The molecular weight excluding hydrogens is 231 g/mol. The molecule has 0 aliphatic heterocycles. The number of nitrogen functional groups attached to an aromatic ring is 1. The number of halogens is 1. The summed E-state index contributed by atoms with van der Waals surface area (Å²) in [7, 11) is 0. The van der Waals surface area contributed by atoms with E-state index in [1.807, 2.05) is 13.0 Å². The minimum absolute atomic E-state index is 0.277. The monoisotopic (exact) mass is 242 g/mol. The molecule has 0 bridgehead atoms. The normalized spacial score (nSPS) is 11.0. The Morgan fingerprint density at radius 2 is 1.94 bits per heavy atom. The van der Waals surface area contributed by atoms with Gasteiger partial charge in [0.05, 0.1) is 5.69 Å². The summed E-state index contributed by atoms with van der Waals surface area (Å²) in [5.41, 5.74) is 9.18. The highest BCUT2D eigenvalue weighted by Crippen LogP contribution is 2.25. The van der Waals surface area contributed by atoms with Gasteiger partial charge in [0.15, 0.2) is 5.65 Å². The van der Waals surface area contributed by atoms with Gasteiger partial charge in [-0.15, -0.1) is 0 Å². The fourth-order valence-corrected chi connectivity index (χ4v) is 1.92. The number of aromatic nitrogens is 3. The lowest BCUT2D eigenvalue weighted by atomic mass is 10.1. The van der Waals surface area contributed by atoms with Crippen LogP contribution in [0.4, 0.5) is 10.2 Å². The van der Waals surface area contributed by atoms with Gasteiger partial charge in [-0.2, -0.15) is 9.61 Å². The van der Waals surface area contributed by atoms with Gasteiger partial charge >= 0.3 is 0 Å². The molecule has 3 rings (SSSR count). The number of hydrogen-bond acceptors (Lipinski definition) is 3. The molecule has 0 aliphatic rings. The van der Waals surface area contributed by atoms with E-state index in [4.69, 9.17) is 5.73 Å². The number of benzene rings is 1. The lowest BCUT2D eigenvalue weighted by Gasteiger charge is -2.06. The summed E-state index contributed by atoms with van der Waals surface area (Å²) in [5, 5.41) is 4.27. The minimum Gasteiger partial charge on any atom is -0.383 e. The maximum absolute atomic E-state index is 12.9. The van der Waals surface area contributed by atoms with Gasteiger partial charge < -0.3 is 5.73 Å². The molecule has 0 unspecified atom stereocenters. The van der Waals surface area contributed by atoms with Gasteiger partial charge in [0.1, 0.15) is 11.6 Å². The Morgan fingerprint density at radius 3 is 2.67 bits per heavy atom. The van der Waals surface area contributed by atoms with Gasteiger partial charge in [-0.25, -0.2) is 9.37 Å². The average Bonchev–Trinajstić information content (AvgIpc) is 2.73. The summed E-state index contributed by atoms with van der Waals surface area (Å²) in [6, 6.07) is 7.99. The van der Waals surface area contributed by atoms with Crippen molar-refractivity contribution >= 4 is 11.5 Å². The van der Waals surface area contributed by atoms with E-state index in [1.54, 1.807) is 22.8 Å². The van der Waals surface area contributed by atoms with E-state index >= 15 is 0 Å². The van der Waals surface area contributed by atoms with E-state index in [9.17, 15) is 4.39 Å². The van der Waals surface area contributed by atoms with E-state index in [1.165, 1.54) is 12.1 Å². The molecule has 5 heteroatoms. The van der Waals surface area contributed by atoms with Crippen LogP contribution in [0.3, 0.4) is 0 Å². The maximum Gasteiger partial charge on any atom is 0.157 e. The van der Waals surface area contributed by atoms with Crippen molar-refractivity contribution in [3.8, 4) is 11.1 Å². The first kappa shape index (κ1) is 10.7. The third kappa shape index (κ3) is 1.60. The van der Waals surface area contributed by atoms with E-state index < -0.39 is 0 Å². The molecule has 2 aromatic heterocycles. The Balaban J connectivity index is 2.23. The molecule has 1 aromatic carbocycles. The van der Waals surface area contributed by atoms with Gasteiger partial charge in [-0.05, 0) is 24.6 Å². The smallest absolute Gasteiger partial charge is 0.157 e. The lowest BCUT2D eigenvalue weighted by molar-refractivity contribution is 0.628. The molecule has 90 valence electrons. The van der Waals surface area contributed by atoms with Crippen LogP contribution in [0.1, 0.15) is 5.69 Å². The lowest BCUT2D eigenvalue weighted by Crippen LogP contribution is -2.02. The van der Waals surface area contributed by atoms with Crippen LogP contribution < -0.4 is 5.73 Å². The summed E-state index contributed by atoms with van der Waals surface area (Å²) in [6.07, 6.45) is 1.68. The minimum atomic E-state index is -0.277. The summed E-state index contributed by atoms with van der Waals surface area (Å²) in [4.78, 5) is 4.29. The predicted molar refractivity (Wildman–Crippen MR) is 67.5 cm³/mol. The molecule has 2 heterocycles. The Morgan fingerprint density at radius 1 is 1.22 bits per heavy atom. The first-order chi connectivity index (χ1) is 8.65. The Bertz CT molecular complexity index is 716. The standard InChI is InChI=1S/C13H11FN4/c1-8-6-12-16-7-11(13(15)18(12)17-8)9-2-4-10(14)5-3-9/h2-7H,15H2,1H3. The molecule has 0 radical (unpaired) electrons. The highest BCUT2D eigenvalue weighted by molar-refractivity contribution is 5.74. The van der Waals surface area contributed by atoms with Crippen LogP contribution in [0.15, 0.2) is 36.5 Å². The van der Waals surface area contributed by atoms with Crippen molar-refractivity contribution in [3.05, 3.63) is 48.0 Å². The van der Waals surface area contributed by atoms with Crippen molar-refractivity contribution in [2.45, 2.75) is 6.92 Å². The largest absolute Gasteiger partial charge is 0.383 e. The average molecular weight is 242 g/mol. The van der Waals surface area contributed by atoms with Crippen LogP contribution in [0, 0.1) is 12.7 Å². The van der Waals surface area contributed by atoms with Crippen LogP contribution in [-0.2, 0) is 0 Å². The molecule has 0 aliphatic carbocycles. The molecule has 0 saturated heterocycles. The van der Waals surface area contributed by atoms with E-state index in [-0.39, 0.29) is 5.82 Å². The predicted octanol–water partition coefficient (Wildman–Crippen LogP) is 2.43. The quantitative estimate of drug-likeness (QED) is 0.713. The molecular formula is C13H11FN4. The number of fused-ring (bicyclic) bond motifs is 1. The summed E-state index contributed by atoms with van der Waals surface area (Å²) in [6.45, 7) is 1.88. The number of nitrogens with zero attached hydrogens (tertiary/aromatic N) is 3. The van der Waals surface area contributed by atoms with Crippen molar-refractivity contribution in [1.29, 1.82) is 0 Å². The van der Waals surface area contributed by atoms with Crippen molar-refractivity contribution in [2.75, 3.05) is 5.73 Å². The number of nitrogens with two attached hydrogens (primary N) is 1. The highest BCUT2D eigenvalue weighted by Gasteiger charge is 2.09. The fraction of sp³-hybridized carbons (Fsp3) is 0.0769. The van der Waals surface area contributed by atoms with E-state index in [2.05, 4.69) is 10.1 Å². The van der Waals surface area contributed by atoms with Gasteiger partial charge in [0.2, 0.25) is 0 Å². The number of anilines is 1. The summed E-state index contributed by atoms with van der Waals surface area (Å²) < 4.78 is 14.5. The molecule has 0 saturated carbocycles. The van der Waals surface area contributed by atoms with E-state index in [0.717, 1.165) is 16.8 Å². The summed E-state index contributed by atoms with van der Waals surface area (Å²) >= 11 is 0. The third-order valence-electron chi connectivity index (χ3n) is 2.80. The third-order valence-corrected chi connectivity index (χ3v) is 2.80. The second kappa shape index (κ2) is 3.80. The molecule has 0 atom stereocenters. The first-order valence-corrected chi connectivity index (χ1v) is 5.52. The van der Waals surface area contributed by atoms with Crippen molar-refractivity contribution in [2.24, 2.45) is 0 Å². The number of aryl methyl sites for hydroxylation is 1. The fourth-order valence-electron chi connectivity index (χ4n) is 1.92. The van der Waals surface area contributed by atoms with Gasteiger partial charge in [0.25, 0.3) is 0 Å². The topological polar surface area (TPSA) is 56.2 Å². The summed E-state index contributed by atoms with van der Waals surface area (Å²) in [5.74, 6) is 0.223. The SMILES string of the molecule is Cc1cc2ncc(-c3ccc(F)cc3)c(N)n2n1. The highest BCUT2D eigenvalue weighted by atomic mass is 19.1. The second-order valence-electron chi connectivity index (χ2n) is 4.12. The van der Waals surface area contributed by atoms with Crippen LogP contribution in [-0.4, -0.2) is 14.6 Å². The molecule has 3 aromatic rings. The van der Waals surface area contributed by atoms with Crippen molar-refractivity contribution in [1.82, 2.24) is 14.6 Å². The molecule has 2 N–H and O–H groups in total. The Labute approximate surface area is 103 Å². The zero-order valence-electron chi connectivity index (χ0n) is 9.76. The van der Waals surface area contributed by atoms with Crippen molar-refractivity contribution < 1.29 is 4.39 Å². The second-order valence-corrected chi connectivity index (χ2v) is 4.12. The molecule has 0 amide bonds. The van der Waals surface area contributed by atoms with Crippen LogP contribution >= 0.6 is 0 Å². The van der Waals surface area contributed by atoms with Gasteiger partial charge in [-0.3, -0.25) is 0 Å². The van der Waals surface area contributed by atoms with Gasteiger partial charge in [-0.1, -0.05) is 12.1 Å². The maximum atomic E-state index is 12.9. The van der Waals surface area contributed by atoms with Crippen LogP contribution in [0.5, 0.6) is 0 Å². The Kier molecular flexibility index (Phi) is 2.26. The molecule has 4 nitrogen and oxygen atoms in total. The first-order valence-electron chi connectivity index (χ1n) is 5.52. The molecule has 18 heavy (non-hydrogen) atoms. The van der Waals surface area contributed by atoms with Gasteiger partial charge in [0, 0.05) is 17.8 Å². The molecule has 0 spiro atoms. The molecule has 0 fully saturated rings. The number of rotatable bonds is 1. The number of hydrogen-bond donors (Lipinski definition) is 1. The van der Waals surface area contributed by atoms with Crippen molar-refractivity contribution in [3.63, 3.8) is 0 Å². The zero-order valence-corrected chi connectivity index (χ0v) is 9.76. The Hall–Kier alpha value is -2.43. The van der Waals surface area contributed by atoms with E-state index in [0.29, 0.717) is 11.5 Å². The van der Waals surface area contributed by atoms with Crippen LogP contribution in [0.25, 0.3) is 16.8 Å². The zero-order chi connectivity index (χ0) is 12.7.